The number of rotatable bonds is 9. The van der Waals surface area contributed by atoms with Crippen LogP contribution in [0.3, 0.4) is 0 Å². The smallest absolute Gasteiger partial charge is 0.212 e. The van der Waals surface area contributed by atoms with Gasteiger partial charge >= 0.3 is 0 Å². The highest BCUT2D eigenvalue weighted by atomic mass is 16.3. The molecule has 4 aromatic heterocycles. The molecule has 0 bridgehead atoms. The van der Waals surface area contributed by atoms with Crippen molar-refractivity contribution in [1.82, 2.24) is 13.7 Å². The zero-order valence-corrected chi connectivity index (χ0v) is 44.0. The summed E-state index contributed by atoms with van der Waals surface area (Å²) in [6, 6.07) is 97.3. The van der Waals surface area contributed by atoms with Gasteiger partial charge in [-0.2, -0.15) is 5.26 Å². The molecule has 0 saturated heterocycles. The highest BCUT2D eigenvalue weighted by molar-refractivity contribution is 6.26. The molecule has 0 radical (unpaired) electrons. The van der Waals surface area contributed by atoms with E-state index in [1.807, 2.05) is 60.7 Å². The Morgan fingerprint density at radius 3 is 1.44 bits per heavy atom. The van der Waals surface area contributed by atoms with Gasteiger partial charge in [0, 0.05) is 77.5 Å². The van der Waals surface area contributed by atoms with Crippen LogP contribution >= 0.6 is 0 Å². The van der Waals surface area contributed by atoms with Gasteiger partial charge in [0.1, 0.15) is 17.2 Å². The lowest BCUT2D eigenvalue weighted by Gasteiger charge is -2.25. The van der Waals surface area contributed by atoms with Crippen LogP contribution in [0.5, 0.6) is 0 Å². The molecule has 0 fully saturated rings. The summed E-state index contributed by atoms with van der Waals surface area (Å²) in [5.41, 5.74) is 16.2. The molecule has 0 atom stereocenters. The summed E-state index contributed by atoms with van der Waals surface area (Å²) in [6.45, 7) is 9.18. The maximum atomic E-state index is 11.7. The molecule has 12 aromatic carbocycles. The lowest BCUT2D eigenvalue weighted by Crippen LogP contribution is -2.09. The Hall–Kier alpha value is -11.6. The fourth-order valence-corrected chi connectivity index (χ4v) is 12.8. The molecular formula is C74H45N7O. The summed E-state index contributed by atoms with van der Waals surface area (Å²) in [5, 5.41) is 19.8. The Balaban J connectivity index is 0.991. The van der Waals surface area contributed by atoms with E-state index in [0.29, 0.717) is 22.6 Å². The fraction of sp³-hybridized carbons (Fsp3) is 0. The van der Waals surface area contributed by atoms with E-state index in [9.17, 15) is 11.8 Å². The summed E-state index contributed by atoms with van der Waals surface area (Å²) < 4.78 is 13.6. The number of fused-ring (bicyclic) bond motifs is 14. The van der Waals surface area contributed by atoms with Gasteiger partial charge in [-0.15, -0.1) is 0 Å². The molecule has 8 nitrogen and oxygen atoms in total. The van der Waals surface area contributed by atoms with Crippen LogP contribution in [-0.4, -0.2) is 13.7 Å². The molecular weight excluding hydrogens is 1000 g/mol. The highest BCUT2D eigenvalue weighted by Crippen LogP contribution is 2.48. The zero-order valence-electron chi connectivity index (χ0n) is 44.0. The summed E-state index contributed by atoms with van der Waals surface area (Å²) in [7, 11) is 0. The lowest BCUT2D eigenvalue weighted by atomic mass is 10.1. The maximum Gasteiger partial charge on any atom is 0.212 e. The van der Waals surface area contributed by atoms with Crippen LogP contribution in [0.25, 0.3) is 109 Å². The lowest BCUT2D eigenvalue weighted by molar-refractivity contribution is 0.673. The third-order valence-electron chi connectivity index (χ3n) is 16.2. The Morgan fingerprint density at radius 1 is 0.366 bits per heavy atom. The van der Waals surface area contributed by atoms with E-state index < -0.39 is 0 Å². The van der Waals surface area contributed by atoms with Crippen molar-refractivity contribution in [2.24, 2.45) is 0 Å². The van der Waals surface area contributed by atoms with Crippen LogP contribution in [0.2, 0.25) is 0 Å². The summed E-state index contributed by atoms with van der Waals surface area (Å²) in [6.07, 6.45) is 0. The van der Waals surface area contributed by atoms with Crippen LogP contribution < -0.4 is 9.80 Å². The van der Waals surface area contributed by atoms with E-state index in [4.69, 9.17) is 4.42 Å². The minimum Gasteiger partial charge on any atom is -0.455 e. The average Bonchev–Trinajstić information content (AvgIpc) is 3.85. The number of nitriles is 1. The number of hydrogen-bond acceptors (Lipinski definition) is 4. The predicted molar refractivity (Wildman–Crippen MR) is 337 cm³/mol. The van der Waals surface area contributed by atoms with E-state index in [0.717, 1.165) is 127 Å². The van der Waals surface area contributed by atoms with Crippen molar-refractivity contribution in [3.8, 4) is 23.1 Å². The number of hydrogen-bond donors (Lipinski definition) is 0. The number of para-hydroxylation sites is 7. The summed E-state index contributed by atoms with van der Waals surface area (Å²) >= 11 is 0. The van der Waals surface area contributed by atoms with E-state index >= 15 is 0 Å². The highest BCUT2D eigenvalue weighted by Gasteiger charge is 2.27. The molecule has 0 N–H and O–H groups in total. The molecule has 382 valence electrons. The van der Waals surface area contributed by atoms with E-state index in [-0.39, 0.29) is 0 Å². The second-order valence-electron chi connectivity index (χ2n) is 20.6. The minimum atomic E-state index is 0.391. The molecule has 4 heterocycles. The van der Waals surface area contributed by atoms with Crippen LogP contribution in [0.4, 0.5) is 39.8 Å². The number of benzene rings is 12. The largest absolute Gasteiger partial charge is 0.455 e. The first-order valence-corrected chi connectivity index (χ1v) is 27.3. The van der Waals surface area contributed by atoms with E-state index in [1.54, 1.807) is 0 Å². The molecule has 0 amide bonds. The van der Waals surface area contributed by atoms with Crippen LogP contribution in [0.15, 0.2) is 277 Å². The van der Waals surface area contributed by atoms with Crippen molar-refractivity contribution in [1.29, 1.82) is 5.26 Å². The van der Waals surface area contributed by atoms with Crippen molar-refractivity contribution < 1.29 is 4.42 Å². The van der Waals surface area contributed by atoms with Crippen molar-refractivity contribution >= 4 is 127 Å². The van der Waals surface area contributed by atoms with Gasteiger partial charge in [0.25, 0.3) is 0 Å². The number of aromatic nitrogens is 3. The summed E-state index contributed by atoms with van der Waals surface area (Å²) in [4.78, 5) is 8.97. The number of nitrogens with zero attached hydrogens (tertiary/aromatic N) is 7. The second-order valence-corrected chi connectivity index (χ2v) is 20.6. The third kappa shape index (κ3) is 7.02. The molecule has 0 saturated carbocycles. The first-order chi connectivity index (χ1) is 40.6. The topological polar surface area (TPSA) is 62.6 Å². The van der Waals surface area contributed by atoms with Gasteiger partial charge in [0.2, 0.25) is 5.69 Å². The standard InChI is InChI=1S/C74H45N7O/c1-76-63-46-68(80-66-41-36-55(78(51-25-11-4-12-26-51)52-27-13-5-14-28-52)45-62(66)71-67(80)42-39-60-57-32-18-20-34-70(57)82-74(60)71)48(47-75)43-69(63)81-65-40-35-54(77(49-21-7-2-8-22-49)50-23-9-3-10-24-50)44-61(65)59-38-37-58-56-31-17-19-33-64(56)79(72(58)73(59)81)53-29-15-6-16-30-53/h2-46H. The maximum absolute atomic E-state index is 11.7. The van der Waals surface area contributed by atoms with Gasteiger partial charge in [-0.25, -0.2) is 4.85 Å². The number of anilines is 6. The Bertz CT molecular complexity index is 5220. The van der Waals surface area contributed by atoms with Gasteiger partial charge in [-0.05, 0) is 133 Å². The molecule has 16 rings (SSSR count). The van der Waals surface area contributed by atoms with Crippen LogP contribution in [-0.2, 0) is 0 Å². The van der Waals surface area contributed by atoms with Gasteiger partial charge < -0.3 is 27.9 Å². The monoisotopic (exact) mass is 1050 g/mol. The molecule has 8 heteroatoms. The first-order valence-electron chi connectivity index (χ1n) is 27.3. The Labute approximate surface area is 471 Å². The van der Waals surface area contributed by atoms with Gasteiger partial charge in [-0.3, -0.25) is 0 Å². The van der Waals surface area contributed by atoms with Crippen molar-refractivity contribution in [3.05, 3.63) is 290 Å². The van der Waals surface area contributed by atoms with Crippen LogP contribution in [0.1, 0.15) is 5.56 Å². The van der Waals surface area contributed by atoms with Crippen molar-refractivity contribution in [2.45, 2.75) is 0 Å². The van der Waals surface area contributed by atoms with Crippen LogP contribution in [0, 0.1) is 17.9 Å². The minimum absolute atomic E-state index is 0.391. The normalized spacial score (nSPS) is 11.6. The molecule has 0 aliphatic heterocycles. The van der Waals surface area contributed by atoms with Gasteiger partial charge in [-0.1, -0.05) is 140 Å². The Kier molecular flexibility index (Phi) is 10.5. The first kappa shape index (κ1) is 46.5. The van der Waals surface area contributed by atoms with Crippen molar-refractivity contribution in [2.75, 3.05) is 9.80 Å². The van der Waals surface area contributed by atoms with Crippen molar-refractivity contribution in [3.63, 3.8) is 0 Å². The number of furan rings is 1. The quantitative estimate of drug-likeness (QED) is 0.135. The molecule has 16 aromatic rings. The zero-order chi connectivity index (χ0) is 54.4. The molecule has 82 heavy (non-hydrogen) atoms. The van der Waals surface area contributed by atoms with Gasteiger partial charge in [0.15, 0.2) is 0 Å². The second kappa shape index (κ2) is 18.5. The molecule has 0 aliphatic carbocycles. The fourth-order valence-electron chi connectivity index (χ4n) is 12.8. The SMILES string of the molecule is [C-]#[N+]c1cc(-n2c3ccc(N(c4ccccc4)c4ccccc4)cc3c3c4oc5ccccc5c4ccc32)c(C#N)cc1-n1c2ccc(N(c3ccccc3)c3ccccc3)cc2c2ccc3c4ccccc4n(-c4ccccc4)c3c21. The molecule has 0 unspecified atom stereocenters. The molecule has 0 aliphatic rings. The third-order valence-corrected chi connectivity index (χ3v) is 16.2. The summed E-state index contributed by atoms with van der Waals surface area (Å²) in [5.74, 6) is 0. The molecule has 0 spiro atoms. The predicted octanol–water partition coefficient (Wildman–Crippen LogP) is 20.2. The average molecular weight is 1050 g/mol. The van der Waals surface area contributed by atoms with E-state index in [1.165, 1.54) is 0 Å². The van der Waals surface area contributed by atoms with Gasteiger partial charge in [0.05, 0.1) is 62.0 Å². The van der Waals surface area contributed by atoms with E-state index in [2.05, 4.69) is 247 Å². The Morgan fingerprint density at radius 2 is 0.841 bits per heavy atom.